The van der Waals surface area contributed by atoms with E-state index in [1.807, 2.05) is 19.1 Å². The van der Waals surface area contributed by atoms with Crippen molar-refractivity contribution < 1.29 is 4.42 Å². The Morgan fingerprint density at radius 2 is 2.07 bits per heavy atom. The van der Waals surface area contributed by atoms with Crippen molar-refractivity contribution in [2.75, 3.05) is 0 Å². The molecule has 0 saturated heterocycles. The fourth-order valence-electron chi connectivity index (χ4n) is 0.945. The van der Waals surface area contributed by atoms with Gasteiger partial charge in [-0.1, -0.05) is 26.8 Å². The van der Waals surface area contributed by atoms with Crippen LogP contribution in [-0.4, -0.2) is 0 Å². The first-order valence-corrected chi connectivity index (χ1v) is 5.87. The molecule has 1 aromatic heterocycles. The smallest absolute Gasteiger partial charge is 0.114 e. The molecule has 0 amide bonds. The third-order valence-corrected chi connectivity index (χ3v) is 2.47. The standard InChI is InChI=1S/C12H18OS/c1-10-5-6-11(13-10)9-14-8-7-12(2,3)4/h5-8H,9H2,1-4H3/b8-7+. The Labute approximate surface area is 90.6 Å². The van der Waals surface area contributed by atoms with Crippen LogP contribution in [0.2, 0.25) is 0 Å². The van der Waals surface area contributed by atoms with Crippen LogP contribution in [0.4, 0.5) is 0 Å². The summed E-state index contributed by atoms with van der Waals surface area (Å²) in [6.07, 6.45) is 2.22. The summed E-state index contributed by atoms with van der Waals surface area (Å²) in [6, 6.07) is 4.04. The molecule has 0 spiro atoms. The molecule has 1 rings (SSSR count). The molecule has 0 aliphatic carbocycles. The van der Waals surface area contributed by atoms with Crippen LogP contribution in [0.25, 0.3) is 0 Å². The molecule has 0 radical (unpaired) electrons. The normalized spacial score (nSPS) is 12.6. The third-order valence-electron chi connectivity index (χ3n) is 1.69. The summed E-state index contributed by atoms with van der Waals surface area (Å²) in [5.74, 6) is 2.95. The van der Waals surface area contributed by atoms with Crippen LogP contribution in [0.15, 0.2) is 28.0 Å². The van der Waals surface area contributed by atoms with Gasteiger partial charge in [-0.2, -0.15) is 0 Å². The van der Waals surface area contributed by atoms with E-state index in [-0.39, 0.29) is 5.41 Å². The summed E-state index contributed by atoms with van der Waals surface area (Å²) in [7, 11) is 0. The minimum Gasteiger partial charge on any atom is -0.465 e. The molecule has 2 heteroatoms. The minimum absolute atomic E-state index is 0.270. The molecule has 0 aromatic carbocycles. The van der Waals surface area contributed by atoms with Gasteiger partial charge in [0.15, 0.2) is 0 Å². The summed E-state index contributed by atoms with van der Waals surface area (Å²) in [4.78, 5) is 0. The Bertz CT molecular complexity index is 304. The van der Waals surface area contributed by atoms with Gasteiger partial charge in [0.25, 0.3) is 0 Å². The quantitative estimate of drug-likeness (QED) is 0.734. The van der Waals surface area contributed by atoms with E-state index in [9.17, 15) is 0 Å². The second-order valence-electron chi connectivity index (χ2n) is 4.49. The van der Waals surface area contributed by atoms with Gasteiger partial charge in [-0.25, -0.2) is 0 Å². The minimum atomic E-state index is 0.270. The first-order chi connectivity index (χ1) is 6.47. The van der Waals surface area contributed by atoms with E-state index < -0.39 is 0 Å². The molecular formula is C12H18OS. The summed E-state index contributed by atoms with van der Waals surface area (Å²) in [5.41, 5.74) is 0.270. The molecule has 1 aromatic rings. The number of allylic oxidation sites excluding steroid dienone is 1. The molecule has 0 atom stereocenters. The Morgan fingerprint density at radius 3 is 2.57 bits per heavy atom. The average Bonchev–Trinajstić information content (AvgIpc) is 2.44. The van der Waals surface area contributed by atoms with Gasteiger partial charge in [-0.05, 0) is 29.9 Å². The van der Waals surface area contributed by atoms with Gasteiger partial charge >= 0.3 is 0 Å². The van der Waals surface area contributed by atoms with Crippen LogP contribution < -0.4 is 0 Å². The largest absolute Gasteiger partial charge is 0.465 e. The molecule has 78 valence electrons. The molecule has 0 unspecified atom stereocenters. The van der Waals surface area contributed by atoms with E-state index in [0.29, 0.717) is 0 Å². The van der Waals surface area contributed by atoms with Gasteiger partial charge in [0, 0.05) is 0 Å². The molecule has 0 aliphatic heterocycles. The first kappa shape index (κ1) is 11.4. The highest BCUT2D eigenvalue weighted by Gasteiger charge is 2.03. The van der Waals surface area contributed by atoms with E-state index in [4.69, 9.17) is 4.42 Å². The van der Waals surface area contributed by atoms with Crippen molar-refractivity contribution in [3.8, 4) is 0 Å². The lowest BCUT2D eigenvalue weighted by molar-refractivity contribution is 0.501. The molecule has 0 fully saturated rings. The van der Waals surface area contributed by atoms with Crippen molar-refractivity contribution in [1.82, 2.24) is 0 Å². The van der Waals surface area contributed by atoms with Gasteiger partial charge < -0.3 is 4.42 Å². The summed E-state index contributed by atoms with van der Waals surface area (Å²) >= 11 is 1.77. The van der Waals surface area contributed by atoms with Crippen molar-refractivity contribution in [3.63, 3.8) is 0 Å². The molecule has 0 N–H and O–H groups in total. The second-order valence-corrected chi connectivity index (χ2v) is 5.39. The lowest BCUT2D eigenvalue weighted by Crippen LogP contribution is -1.97. The van der Waals surface area contributed by atoms with Crippen LogP contribution in [0.3, 0.4) is 0 Å². The maximum atomic E-state index is 5.46. The van der Waals surface area contributed by atoms with E-state index >= 15 is 0 Å². The number of furan rings is 1. The third kappa shape index (κ3) is 4.56. The number of hydrogen-bond donors (Lipinski definition) is 0. The predicted octanol–water partition coefficient (Wildman–Crippen LogP) is 4.38. The zero-order valence-electron chi connectivity index (χ0n) is 9.33. The maximum absolute atomic E-state index is 5.46. The van der Waals surface area contributed by atoms with Crippen LogP contribution >= 0.6 is 11.8 Å². The number of hydrogen-bond acceptors (Lipinski definition) is 2. The van der Waals surface area contributed by atoms with Crippen molar-refractivity contribution in [2.45, 2.75) is 33.4 Å². The highest BCUT2D eigenvalue weighted by atomic mass is 32.2. The van der Waals surface area contributed by atoms with E-state index in [1.165, 1.54) is 0 Å². The topological polar surface area (TPSA) is 13.1 Å². The predicted molar refractivity (Wildman–Crippen MR) is 63.3 cm³/mol. The van der Waals surface area contributed by atoms with Gasteiger partial charge in [0.1, 0.15) is 11.5 Å². The maximum Gasteiger partial charge on any atom is 0.114 e. The Balaban J connectivity index is 2.32. The molecule has 0 saturated carbocycles. The molecule has 0 aliphatic rings. The average molecular weight is 210 g/mol. The van der Waals surface area contributed by atoms with Gasteiger partial charge in [-0.15, -0.1) is 11.8 Å². The van der Waals surface area contributed by atoms with Crippen LogP contribution in [0, 0.1) is 12.3 Å². The molecule has 1 heterocycles. The second kappa shape index (κ2) is 4.74. The summed E-state index contributed by atoms with van der Waals surface area (Å²) < 4.78 is 5.46. The monoisotopic (exact) mass is 210 g/mol. The van der Waals surface area contributed by atoms with Crippen LogP contribution in [-0.2, 0) is 5.75 Å². The lowest BCUT2D eigenvalue weighted by atomic mass is 9.98. The summed E-state index contributed by atoms with van der Waals surface area (Å²) in [5, 5.41) is 2.15. The first-order valence-electron chi connectivity index (χ1n) is 4.82. The Kier molecular flexibility index (Phi) is 3.87. The number of aryl methyl sites for hydroxylation is 1. The van der Waals surface area contributed by atoms with Gasteiger partial charge in [0.05, 0.1) is 5.75 Å². The zero-order chi connectivity index (χ0) is 10.6. The molecular weight excluding hydrogens is 192 g/mol. The fourth-order valence-corrected chi connectivity index (χ4v) is 1.87. The van der Waals surface area contributed by atoms with Gasteiger partial charge in [-0.3, -0.25) is 0 Å². The van der Waals surface area contributed by atoms with E-state index in [0.717, 1.165) is 17.3 Å². The highest BCUT2D eigenvalue weighted by Crippen LogP contribution is 2.20. The molecule has 14 heavy (non-hydrogen) atoms. The Hall–Kier alpha value is -0.630. The SMILES string of the molecule is Cc1ccc(CS/C=C/C(C)(C)C)o1. The zero-order valence-corrected chi connectivity index (χ0v) is 10.1. The van der Waals surface area contributed by atoms with Crippen LogP contribution in [0.5, 0.6) is 0 Å². The van der Waals surface area contributed by atoms with Crippen LogP contribution in [0.1, 0.15) is 32.3 Å². The highest BCUT2D eigenvalue weighted by molar-refractivity contribution is 8.01. The van der Waals surface area contributed by atoms with E-state index in [2.05, 4.69) is 32.3 Å². The van der Waals surface area contributed by atoms with Crippen molar-refractivity contribution in [1.29, 1.82) is 0 Å². The van der Waals surface area contributed by atoms with Crippen molar-refractivity contribution in [3.05, 3.63) is 35.1 Å². The Morgan fingerprint density at radius 1 is 1.36 bits per heavy atom. The molecule has 0 bridgehead atoms. The summed E-state index contributed by atoms with van der Waals surface area (Å²) in [6.45, 7) is 8.56. The van der Waals surface area contributed by atoms with Crippen molar-refractivity contribution in [2.24, 2.45) is 5.41 Å². The fraction of sp³-hybridized carbons (Fsp3) is 0.500. The van der Waals surface area contributed by atoms with Crippen molar-refractivity contribution >= 4 is 11.8 Å². The number of thioether (sulfide) groups is 1. The number of rotatable bonds is 3. The van der Waals surface area contributed by atoms with Gasteiger partial charge in [0.2, 0.25) is 0 Å². The lowest BCUT2D eigenvalue weighted by Gasteiger charge is -2.10. The van der Waals surface area contributed by atoms with E-state index in [1.54, 1.807) is 11.8 Å². The molecule has 1 nitrogen and oxygen atoms in total.